The molecule has 0 spiro atoms. The number of H-pyrrole nitrogens is 1. The predicted octanol–water partition coefficient (Wildman–Crippen LogP) is 0.898. The van der Waals surface area contributed by atoms with Crippen molar-refractivity contribution in [2.45, 2.75) is 6.54 Å². The maximum atomic E-state index is 11.6. The fourth-order valence-corrected chi connectivity index (χ4v) is 1.24. The second-order valence-electron chi connectivity index (χ2n) is 3.25. The molecule has 0 unspecified atom stereocenters. The van der Waals surface area contributed by atoms with Gasteiger partial charge in [-0.2, -0.15) is 0 Å². The van der Waals surface area contributed by atoms with Crippen molar-refractivity contribution in [3.8, 4) is 0 Å². The van der Waals surface area contributed by atoms with E-state index in [-0.39, 0.29) is 5.91 Å². The zero-order valence-corrected chi connectivity index (χ0v) is 8.40. The normalized spacial score (nSPS) is 10.0. The van der Waals surface area contributed by atoms with Crippen molar-refractivity contribution < 1.29 is 9.21 Å². The van der Waals surface area contributed by atoms with E-state index in [9.17, 15) is 9.59 Å². The lowest BCUT2D eigenvalue weighted by Gasteiger charge is -2.02. The zero-order valence-electron chi connectivity index (χ0n) is 8.40. The highest BCUT2D eigenvalue weighted by atomic mass is 16.4. The molecule has 0 aliphatic carbocycles. The van der Waals surface area contributed by atoms with Gasteiger partial charge in [-0.1, -0.05) is 0 Å². The van der Waals surface area contributed by atoms with Crippen LogP contribution in [0.4, 0.5) is 0 Å². The van der Waals surface area contributed by atoms with E-state index in [1.165, 1.54) is 12.1 Å². The molecular formula is C11H10N2O3. The fourth-order valence-electron chi connectivity index (χ4n) is 1.24. The van der Waals surface area contributed by atoms with Gasteiger partial charge in [0, 0.05) is 25.0 Å². The minimum Gasteiger partial charge on any atom is -0.430 e. The van der Waals surface area contributed by atoms with E-state index in [2.05, 4.69) is 14.7 Å². The van der Waals surface area contributed by atoms with Crippen molar-refractivity contribution in [1.82, 2.24) is 10.3 Å². The van der Waals surface area contributed by atoms with E-state index in [1.54, 1.807) is 12.4 Å². The average Bonchev–Trinajstić information content (AvgIpc) is 2.80. The Bertz CT molecular complexity index is 508. The smallest absolute Gasteiger partial charge is 0.335 e. The Hall–Kier alpha value is -2.30. The summed E-state index contributed by atoms with van der Waals surface area (Å²) in [5, 5.41) is 2.70. The van der Waals surface area contributed by atoms with Gasteiger partial charge in [-0.25, -0.2) is 4.79 Å². The quantitative estimate of drug-likeness (QED) is 0.803. The number of aromatic nitrogens is 1. The molecule has 2 heterocycles. The molecule has 0 saturated heterocycles. The topological polar surface area (TPSA) is 75.1 Å². The molecule has 2 N–H and O–H groups in total. The highest BCUT2D eigenvalue weighted by Crippen LogP contribution is 1.98. The van der Waals surface area contributed by atoms with Crippen LogP contribution in [0.1, 0.15) is 15.9 Å². The van der Waals surface area contributed by atoms with E-state index in [4.69, 9.17) is 0 Å². The number of aromatic amines is 1. The Morgan fingerprint density at radius 1 is 1.38 bits per heavy atom. The molecule has 16 heavy (non-hydrogen) atoms. The second kappa shape index (κ2) is 4.48. The third-order valence-electron chi connectivity index (χ3n) is 2.08. The van der Waals surface area contributed by atoms with Gasteiger partial charge in [0.25, 0.3) is 5.91 Å². The minimum atomic E-state index is -0.470. The lowest BCUT2D eigenvalue weighted by Crippen LogP contribution is -2.22. The molecule has 0 saturated carbocycles. The van der Waals surface area contributed by atoms with Gasteiger partial charge >= 0.3 is 5.63 Å². The first-order valence-corrected chi connectivity index (χ1v) is 4.74. The van der Waals surface area contributed by atoms with Crippen molar-refractivity contribution >= 4 is 5.91 Å². The number of hydrogen-bond acceptors (Lipinski definition) is 3. The second-order valence-corrected chi connectivity index (χ2v) is 3.25. The predicted molar refractivity (Wildman–Crippen MR) is 56.9 cm³/mol. The standard InChI is InChI=1S/C11H10N2O3/c14-10-2-1-9(7-16-10)11(15)13-6-8-3-4-12-5-8/h1-5,7,12H,6H2,(H,13,15). The third-order valence-corrected chi connectivity index (χ3v) is 2.08. The summed E-state index contributed by atoms with van der Waals surface area (Å²) in [6.07, 6.45) is 4.73. The summed E-state index contributed by atoms with van der Waals surface area (Å²) in [6, 6.07) is 4.51. The summed E-state index contributed by atoms with van der Waals surface area (Å²) < 4.78 is 4.59. The van der Waals surface area contributed by atoms with Crippen LogP contribution in [0, 0.1) is 0 Å². The lowest BCUT2D eigenvalue weighted by atomic mass is 10.2. The molecule has 2 aromatic heterocycles. The molecule has 0 radical (unpaired) electrons. The van der Waals surface area contributed by atoms with Gasteiger partial charge in [0.15, 0.2) is 0 Å². The van der Waals surface area contributed by atoms with Gasteiger partial charge < -0.3 is 14.7 Å². The first kappa shape index (κ1) is 10.2. The van der Waals surface area contributed by atoms with Crippen LogP contribution in [0.3, 0.4) is 0 Å². The molecule has 1 amide bonds. The van der Waals surface area contributed by atoms with Crippen LogP contribution in [0.2, 0.25) is 0 Å². The number of nitrogens with one attached hydrogen (secondary N) is 2. The number of rotatable bonds is 3. The van der Waals surface area contributed by atoms with Crippen molar-refractivity contribution in [1.29, 1.82) is 0 Å². The summed E-state index contributed by atoms with van der Waals surface area (Å²) in [5.74, 6) is -0.273. The molecule has 5 heteroatoms. The van der Waals surface area contributed by atoms with Gasteiger partial charge in [-0.15, -0.1) is 0 Å². The number of carbonyl (C=O) groups excluding carboxylic acids is 1. The molecule has 82 valence electrons. The van der Waals surface area contributed by atoms with E-state index in [1.807, 2.05) is 6.07 Å². The van der Waals surface area contributed by atoms with E-state index < -0.39 is 5.63 Å². The molecule has 0 aromatic carbocycles. The van der Waals surface area contributed by atoms with Crippen LogP contribution in [0.5, 0.6) is 0 Å². The molecule has 0 bridgehead atoms. The van der Waals surface area contributed by atoms with Gasteiger partial charge in [-0.05, 0) is 17.7 Å². The summed E-state index contributed by atoms with van der Waals surface area (Å²) >= 11 is 0. The van der Waals surface area contributed by atoms with Gasteiger partial charge in [-0.3, -0.25) is 4.79 Å². The monoisotopic (exact) mass is 218 g/mol. The van der Waals surface area contributed by atoms with E-state index in [0.29, 0.717) is 12.1 Å². The van der Waals surface area contributed by atoms with Crippen LogP contribution in [-0.4, -0.2) is 10.9 Å². The largest absolute Gasteiger partial charge is 0.430 e. The summed E-state index contributed by atoms with van der Waals surface area (Å²) in [4.78, 5) is 25.1. The van der Waals surface area contributed by atoms with Crippen molar-refractivity contribution in [2.75, 3.05) is 0 Å². The number of carbonyl (C=O) groups is 1. The fraction of sp³-hybridized carbons (Fsp3) is 0.0909. The Balaban J connectivity index is 1.98. The molecule has 0 fully saturated rings. The molecule has 0 aliphatic heterocycles. The Morgan fingerprint density at radius 2 is 2.25 bits per heavy atom. The number of amides is 1. The molecular weight excluding hydrogens is 208 g/mol. The highest BCUT2D eigenvalue weighted by Gasteiger charge is 2.05. The lowest BCUT2D eigenvalue weighted by molar-refractivity contribution is 0.0948. The van der Waals surface area contributed by atoms with Crippen LogP contribution >= 0.6 is 0 Å². The summed E-state index contributed by atoms with van der Waals surface area (Å²) in [5.41, 5.74) is 0.836. The van der Waals surface area contributed by atoms with Crippen molar-refractivity contribution in [3.05, 3.63) is 58.4 Å². The van der Waals surface area contributed by atoms with Gasteiger partial charge in [0.2, 0.25) is 0 Å². The minimum absolute atomic E-state index is 0.273. The maximum absolute atomic E-state index is 11.6. The number of hydrogen-bond donors (Lipinski definition) is 2. The molecule has 0 atom stereocenters. The highest BCUT2D eigenvalue weighted by molar-refractivity contribution is 5.93. The van der Waals surface area contributed by atoms with Crippen LogP contribution < -0.4 is 10.9 Å². The summed E-state index contributed by atoms with van der Waals surface area (Å²) in [6.45, 7) is 0.432. The molecule has 2 rings (SSSR count). The molecule has 0 aliphatic rings. The van der Waals surface area contributed by atoms with E-state index in [0.717, 1.165) is 11.8 Å². The third kappa shape index (κ3) is 2.38. The van der Waals surface area contributed by atoms with Crippen LogP contribution in [-0.2, 0) is 6.54 Å². The van der Waals surface area contributed by atoms with Crippen molar-refractivity contribution in [2.24, 2.45) is 0 Å². The SMILES string of the molecule is O=C(NCc1cc[nH]c1)c1ccc(=O)oc1. The van der Waals surface area contributed by atoms with Gasteiger partial charge in [0.1, 0.15) is 6.26 Å². The summed E-state index contributed by atoms with van der Waals surface area (Å²) in [7, 11) is 0. The maximum Gasteiger partial charge on any atom is 0.335 e. The first-order valence-electron chi connectivity index (χ1n) is 4.74. The van der Waals surface area contributed by atoms with Gasteiger partial charge in [0.05, 0.1) is 5.56 Å². The van der Waals surface area contributed by atoms with Crippen LogP contribution in [0.25, 0.3) is 0 Å². The Kier molecular flexibility index (Phi) is 2.86. The average molecular weight is 218 g/mol. The Labute approximate surface area is 91.1 Å². The molecule has 2 aromatic rings. The first-order chi connectivity index (χ1) is 7.75. The van der Waals surface area contributed by atoms with Crippen molar-refractivity contribution in [3.63, 3.8) is 0 Å². The van der Waals surface area contributed by atoms with Crippen LogP contribution in [0.15, 0.2) is 46.1 Å². The Morgan fingerprint density at radius 3 is 2.88 bits per heavy atom. The molecule has 5 nitrogen and oxygen atoms in total. The zero-order chi connectivity index (χ0) is 11.4. The van der Waals surface area contributed by atoms with E-state index >= 15 is 0 Å².